The number of carbonyl (C=O) groups is 1. The maximum Gasteiger partial charge on any atom is 0.252 e. The molecule has 3 N–H and O–H groups in total. The molecule has 0 spiro atoms. The van der Waals surface area contributed by atoms with Crippen LogP contribution in [-0.4, -0.2) is 18.5 Å². The molecule has 0 heterocycles. The molecule has 0 fully saturated rings. The molecule has 16 heavy (non-hydrogen) atoms. The van der Waals surface area contributed by atoms with Crippen LogP contribution >= 0.6 is 35.0 Å². The number of hydrogen-bond acceptors (Lipinski definition) is 2. The Morgan fingerprint density at radius 2 is 2.25 bits per heavy atom. The SMILES string of the molecule is C[C@@H](CN)NC(=O)c1cc(F)ccc1I.Cl. The van der Waals surface area contributed by atoms with Crippen LogP contribution < -0.4 is 11.1 Å². The highest BCUT2D eigenvalue weighted by Crippen LogP contribution is 2.13. The normalized spacial score (nSPS) is 11.5. The monoisotopic (exact) mass is 358 g/mol. The minimum absolute atomic E-state index is 0. The number of nitrogens with two attached hydrogens (primary N) is 1. The van der Waals surface area contributed by atoms with Crippen molar-refractivity contribution in [2.45, 2.75) is 13.0 Å². The Balaban J connectivity index is 0.00000225. The van der Waals surface area contributed by atoms with E-state index in [1.165, 1.54) is 12.1 Å². The molecule has 6 heteroatoms. The van der Waals surface area contributed by atoms with E-state index in [2.05, 4.69) is 5.32 Å². The van der Waals surface area contributed by atoms with E-state index < -0.39 is 5.82 Å². The highest BCUT2D eigenvalue weighted by Gasteiger charge is 2.12. The molecule has 0 saturated carbocycles. The first-order valence-corrected chi connectivity index (χ1v) is 5.58. The van der Waals surface area contributed by atoms with Gasteiger partial charge in [-0.1, -0.05) is 0 Å². The summed E-state index contributed by atoms with van der Waals surface area (Å²) >= 11 is 1.99. The summed E-state index contributed by atoms with van der Waals surface area (Å²) in [6.07, 6.45) is 0. The van der Waals surface area contributed by atoms with Crippen molar-refractivity contribution in [2.75, 3.05) is 6.54 Å². The van der Waals surface area contributed by atoms with Crippen molar-refractivity contribution in [1.82, 2.24) is 5.32 Å². The zero-order valence-electron chi connectivity index (χ0n) is 8.67. The largest absolute Gasteiger partial charge is 0.348 e. The molecule has 0 bridgehead atoms. The molecule has 1 rings (SSSR count). The van der Waals surface area contributed by atoms with Crippen molar-refractivity contribution < 1.29 is 9.18 Å². The van der Waals surface area contributed by atoms with E-state index in [0.717, 1.165) is 3.57 Å². The second-order valence-electron chi connectivity index (χ2n) is 3.23. The Labute approximate surface area is 114 Å². The van der Waals surface area contributed by atoms with Crippen molar-refractivity contribution >= 4 is 40.9 Å². The summed E-state index contributed by atoms with van der Waals surface area (Å²) in [7, 11) is 0. The Kier molecular flexibility index (Phi) is 6.85. The number of nitrogens with one attached hydrogen (secondary N) is 1. The maximum absolute atomic E-state index is 12.9. The number of hydrogen-bond donors (Lipinski definition) is 2. The molecule has 1 aromatic carbocycles. The molecule has 90 valence electrons. The van der Waals surface area contributed by atoms with Crippen LogP contribution in [0.15, 0.2) is 18.2 Å². The van der Waals surface area contributed by atoms with Gasteiger partial charge in [0.15, 0.2) is 0 Å². The first kappa shape index (κ1) is 15.6. The van der Waals surface area contributed by atoms with Gasteiger partial charge in [0.2, 0.25) is 0 Å². The van der Waals surface area contributed by atoms with Gasteiger partial charge in [-0.25, -0.2) is 4.39 Å². The zero-order valence-corrected chi connectivity index (χ0v) is 11.6. The number of carbonyl (C=O) groups excluding carboxylic acids is 1. The van der Waals surface area contributed by atoms with Gasteiger partial charge in [0.25, 0.3) is 5.91 Å². The fourth-order valence-corrected chi connectivity index (χ4v) is 1.61. The molecule has 0 aliphatic heterocycles. The molecule has 0 aliphatic carbocycles. The minimum atomic E-state index is -0.416. The summed E-state index contributed by atoms with van der Waals surface area (Å²) in [5, 5.41) is 2.68. The van der Waals surface area contributed by atoms with E-state index in [1.54, 1.807) is 13.0 Å². The van der Waals surface area contributed by atoms with Crippen LogP contribution in [0.4, 0.5) is 4.39 Å². The Hall–Kier alpha value is -0.400. The molecule has 1 aromatic rings. The lowest BCUT2D eigenvalue weighted by Gasteiger charge is -2.12. The first-order chi connectivity index (χ1) is 7.04. The number of benzene rings is 1. The second kappa shape index (κ2) is 7.03. The third-order valence-corrected chi connectivity index (χ3v) is 2.84. The summed E-state index contributed by atoms with van der Waals surface area (Å²) in [5.41, 5.74) is 5.72. The van der Waals surface area contributed by atoms with Crippen LogP contribution in [0.5, 0.6) is 0 Å². The Morgan fingerprint density at radius 1 is 1.62 bits per heavy atom. The standard InChI is InChI=1S/C10H12FIN2O.ClH/c1-6(5-13)14-10(15)8-4-7(11)2-3-9(8)12;/h2-4,6H,5,13H2,1H3,(H,14,15);1H/t6-;/m0./s1. The molecule has 0 saturated heterocycles. The first-order valence-electron chi connectivity index (χ1n) is 4.50. The van der Waals surface area contributed by atoms with Gasteiger partial charge in [-0.3, -0.25) is 4.79 Å². The fraction of sp³-hybridized carbons (Fsp3) is 0.300. The van der Waals surface area contributed by atoms with Gasteiger partial charge in [0, 0.05) is 16.2 Å². The second-order valence-corrected chi connectivity index (χ2v) is 4.40. The average Bonchev–Trinajstić information content (AvgIpc) is 2.21. The highest BCUT2D eigenvalue weighted by molar-refractivity contribution is 14.1. The van der Waals surface area contributed by atoms with Crippen LogP contribution in [0.25, 0.3) is 0 Å². The van der Waals surface area contributed by atoms with Crippen molar-refractivity contribution in [2.24, 2.45) is 5.73 Å². The minimum Gasteiger partial charge on any atom is -0.348 e. The Bertz CT molecular complexity index is 376. The molecule has 1 amide bonds. The van der Waals surface area contributed by atoms with Gasteiger partial charge in [0.05, 0.1) is 5.56 Å². The predicted octanol–water partition coefficient (Wildman–Crippen LogP) is 1.93. The molecule has 0 radical (unpaired) electrons. The van der Waals surface area contributed by atoms with E-state index in [4.69, 9.17) is 5.73 Å². The molecule has 0 aliphatic rings. The van der Waals surface area contributed by atoms with Gasteiger partial charge in [-0.15, -0.1) is 12.4 Å². The van der Waals surface area contributed by atoms with Crippen LogP contribution in [0.2, 0.25) is 0 Å². The van der Waals surface area contributed by atoms with Crippen molar-refractivity contribution in [1.29, 1.82) is 0 Å². The lowest BCUT2D eigenvalue weighted by molar-refractivity contribution is 0.0940. The third-order valence-electron chi connectivity index (χ3n) is 1.90. The third kappa shape index (κ3) is 4.23. The van der Waals surface area contributed by atoms with Gasteiger partial charge in [0.1, 0.15) is 5.82 Å². The van der Waals surface area contributed by atoms with Crippen molar-refractivity contribution in [3.63, 3.8) is 0 Å². The molecular weight excluding hydrogens is 345 g/mol. The molecule has 0 unspecified atom stereocenters. The van der Waals surface area contributed by atoms with Gasteiger partial charge in [-0.05, 0) is 47.7 Å². The zero-order chi connectivity index (χ0) is 11.4. The number of halogens is 3. The van der Waals surface area contributed by atoms with E-state index in [1.807, 2.05) is 22.6 Å². The predicted molar refractivity (Wildman–Crippen MR) is 72.3 cm³/mol. The van der Waals surface area contributed by atoms with Gasteiger partial charge < -0.3 is 11.1 Å². The fourth-order valence-electron chi connectivity index (χ4n) is 1.03. The quantitative estimate of drug-likeness (QED) is 0.811. The van der Waals surface area contributed by atoms with Crippen LogP contribution in [-0.2, 0) is 0 Å². The summed E-state index contributed by atoms with van der Waals surface area (Å²) in [6.45, 7) is 2.15. The van der Waals surface area contributed by atoms with E-state index in [9.17, 15) is 9.18 Å². The lowest BCUT2D eigenvalue weighted by Crippen LogP contribution is -2.38. The summed E-state index contributed by atoms with van der Waals surface area (Å²) in [6, 6.07) is 4.00. The van der Waals surface area contributed by atoms with E-state index in [0.29, 0.717) is 12.1 Å². The van der Waals surface area contributed by atoms with Gasteiger partial charge in [-0.2, -0.15) is 0 Å². The highest BCUT2D eigenvalue weighted by atomic mass is 127. The Morgan fingerprint density at radius 3 is 2.81 bits per heavy atom. The average molecular weight is 359 g/mol. The molecule has 1 atom stereocenters. The molecule has 0 aromatic heterocycles. The number of amides is 1. The van der Waals surface area contributed by atoms with Crippen LogP contribution in [0.3, 0.4) is 0 Å². The number of rotatable bonds is 3. The smallest absolute Gasteiger partial charge is 0.252 e. The molecule has 3 nitrogen and oxygen atoms in total. The van der Waals surface area contributed by atoms with Gasteiger partial charge >= 0.3 is 0 Å². The lowest BCUT2D eigenvalue weighted by atomic mass is 10.2. The maximum atomic E-state index is 12.9. The van der Waals surface area contributed by atoms with Crippen LogP contribution in [0.1, 0.15) is 17.3 Å². The van der Waals surface area contributed by atoms with Crippen LogP contribution in [0, 0.1) is 9.39 Å². The van der Waals surface area contributed by atoms with Crippen molar-refractivity contribution in [3.8, 4) is 0 Å². The van der Waals surface area contributed by atoms with E-state index in [-0.39, 0.29) is 24.4 Å². The summed E-state index contributed by atoms with van der Waals surface area (Å²) in [4.78, 5) is 11.6. The molecular formula is C10H13ClFIN2O. The topological polar surface area (TPSA) is 55.1 Å². The van der Waals surface area contributed by atoms with Crippen molar-refractivity contribution in [3.05, 3.63) is 33.1 Å². The summed E-state index contributed by atoms with van der Waals surface area (Å²) in [5.74, 6) is -0.710. The summed E-state index contributed by atoms with van der Waals surface area (Å²) < 4.78 is 13.6. The van der Waals surface area contributed by atoms with E-state index >= 15 is 0 Å².